The number of methoxy groups -OCH3 is 1. The van der Waals surface area contributed by atoms with Gasteiger partial charge in [0, 0.05) is 23.1 Å². The first-order chi connectivity index (χ1) is 13.4. The van der Waals surface area contributed by atoms with Crippen LogP contribution in [-0.4, -0.2) is 43.9 Å². The van der Waals surface area contributed by atoms with Crippen LogP contribution in [0.5, 0.6) is 5.75 Å². The molecule has 1 amide bonds. The van der Waals surface area contributed by atoms with Gasteiger partial charge in [-0.1, -0.05) is 40.2 Å². The first kappa shape index (κ1) is 20.6. The minimum atomic E-state index is -3.09. The van der Waals surface area contributed by atoms with Gasteiger partial charge in [-0.25, -0.2) is 8.42 Å². The molecule has 1 aliphatic heterocycles. The van der Waals surface area contributed by atoms with Gasteiger partial charge < -0.3 is 9.64 Å². The van der Waals surface area contributed by atoms with E-state index in [4.69, 9.17) is 4.74 Å². The Bertz CT molecular complexity index is 970. The molecule has 3 rings (SSSR count). The smallest absolute Gasteiger partial charge is 0.247 e. The molecule has 28 heavy (non-hydrogen) atoms. The molecule has 2 aromatic rings. The number of nitrogens with zero attached hydrogens (tertiary/aromatic N) is 1. The third-order valence-corrected chi connectivity index (χ3v) is 6.95. The number of rotatable bonds is 6. The molecule has 0 bridgehead atoms. The fourth-order valence-corrected chi connectivity index (χ4v) is 5.40. The van der Waals surface area contributed by atoms with Crippen molar-refractivity contribution in [1.29, 1.82) is 0 Å². The van der Waals surface area contributed by atoms with Crippen molar-refractivity contribution in [1.82, 2.24) is 4.90 Å². The molecule has 5 nitrogen and oxygen atoms in total. The number of halogens is 1. The van der Waals surface area contributed by atoms with E-state index >= 15 is 0 Å². The molecular weight excluding hydrogens is 442 g/mol. The summed E-state index contributed by atoms with van der Waals surface area (Å²) < 4.78 is 29.9. The lowest BCUT2D eigenvalue weighted by molar-refractivity contribution is -0.128. The zero-order valence-corrected chi connectivity index (χ0v) is 17.9. The summed E-state index contributed by atoms with van der Waals surface area (Å²) in [5.74, 6) is 0.694. The van der Waals surface area contributed by atoms with E-state index in [9.17, 15) is 13.2 Å². The third-order valence-electron chi connectivity index (χ3n) is 4.71. The zero-order chi connectivity index (χ0) is 20.1. The summed E-state index contributed by atoms with van der Waals surface area (Å²) in [6, 6.07) is 14.8. The van der Waals surface area contributed by atoms with E-state index in [0.717, 1.165) is 21.3 Å². The molecule has 1 fully saturated rings. The van der Waals surface area contributed by atoms with E-state index < -0.39 is 9.84 Å². The average molecular weight is 464 g/mol. The van der Waals surface area contributed by atoms with Crippen LogP contribution < -0.4 is 4.74 Å². The zero-order valence-electron chi connectivity index (χ0n) is 15.5. The number of carbonyl (C=O) groups is 1. The van der Waals surface area contributed by atoms with Gasteiger partial charge in [-0.15, -0.1) is 0 Å². The predicted octanol–water partition coefficient (Wildman–Crippen LogP) is 3.69. The molecule has 0 saturated carbocycles. The molecule has 0 aromatic heterocycles. The Morgan fingerprint density at radius 1 is 1.25 bits per heavy atom. The Morgan fingerprint density at radius 3 is 2.61 bits per heavy atom. The van der Waals surface area contributed by atoms with Gasteiger partial charge in [0.05, 0.1) is 18.6 Å². The lowest BCUT2D eigenvalue weighted by atomic mass is 10.1. The molecule has 148 valence electrons. The number of benzene rings is 2. The van der Waals surface area contributed by atoms with E-state index in [1.807, 2.05) is 48.5 Å². The highest BCUT2D eigenvalue weighted by Crippen LogP contribution is 2.22. The molecule has 1 unspecified atom stereocenters. The molecule has 0 radical (unpaired) electrons. The maximum Gasteiger partial charge on any atom is 0.247 e. The van der Waals surface area contributed by atoms with Gasteiger partial charge in [0.1, 0.15) is 5.75 Å². The molecule has 0 N–H and O–H groups in total. The normalized spacial score (nSPS) is 18.3. The Labute approximate surface area is 174 Å². The van der Waals surface area contributed by atoms with Gasteiger partial charge in [-0.3, -0.25) is 4.79 Å². The van der Waals surface area contributed by atoms with Crippen molar-refractivity contribution >= 4 is 37.8 Å². The lowest BCUT2D eigenvalue weighted by Crippen LogP contribution is -2.39. The minimum absolute atomic E-state index is 0.0170. The third kappa shape index (κ3) is 5.45. The fourth-order valence-electron chi connectivity index (χ4n) is 3.22. The number of amides is 1. The highest BCUT2D eigenvalue weighted by Gasteiger charge is 2.34. The van der Waals surface area contributed by atoms with Crippen molar-refractivity contribution < 1.29 is 17.9 Å². The van der Waals surface area contributed by atoms with E-state index in [-0.39, 0.29) is 23.5 Å². The van der Waals surface area contributed by atoms with Gasteiger partial charge in [-0.05, 0) is 47.9 Å². The van der Waals surface area contributed by atoms with Gasteiger partial charge in [0.25, 0.3) is 0 Å². The Morgan fingerprint density at radius 2 is 2.00 bits per heavy atom. The number of sulfone groups is 1. The van der Waals surface area contributed by atoms with Crippen LogP contribution in [0.4, 0.5) is 0 Å². The first-order valence-electron chi connectivity index (χ1n) is 8.94. The Kier molecular flexibility index (Phi) is 6.57. The summed E-state index contributed by atoms with van der Waals surface area (Å²) in [6.07, 6.45) is 3.71. The monoisotopic (exact) mass is 463 g/mol. The van der Waals surface area contributed by atoms with Crippen molar-refractivity contribution in [3.05, 3.63) is 70.2 Å². The van der Waals surface area contributed by atoms with Crippen LogP contribution in [0.1, 0.15) is 17.5 Å². The average Bonchev–Trinajstić information content (AvgIpc) is 3.04. The molecule has 1 saturated heterocycles. The molecule has 0 aliphatic carbocycles. The van der Waals surface area contributed by atoms with Gasteiger partial charge in [-0.2, -0.15) is 0 Å². The highest BCUT2D eigenvalue weighted by atomic mass is 79.9. The maximum absolute atomic E-state index is 12.9. The van der Waals surface area contributed by atoms with Gasteiger partial charge in [0.15, 0.2) is 9.84 Å². The quantitative estimate of drug-likeness (QED) is 0.612. The Hall–Kier alpha value is -2.12. The second-order valence-electron chi connectivity index (χ2n) is 6.76. The predicted molar refractivity (Wildman–Crippen MR) is 114 cm³/mol. The van der Waals surface area contributed by atoms with E-state index in [2.05, 4.69) is 15.9 Å². The fraction of sp³-hybridized carbons (Fsp3) is 0.286. The van der Waals surface area contributed by atoms with Crippen molar-refractivity contribution in [2.45, 2.75) is 19.0 Å². The van der Waals surface area contributed by atoms with Crippen molar-refractivity contribution in [2.75, 3.05) is 18.6 Å². The summed E-state index contributed by atoms with van der Waals surface area (Å²) in [5, 5.41) is 0. The lowest BCUT2D eigenvalue weighted by Gasteiger charge is -2.27. The van der Waals surface area contributed by atoms with Crippen molar-refractivity contribution in [3.8, 4) is 5.75 Å². The number of hydrogen-bond donors (Lipinski definition) is 0. The summed E-state index contributed by atoms with van der Waals surface area (Å²) in [6.45, 7) is 0.366. The topological polar surface area (TPSA) is 63.7 Å². The van der Waals surface area contributed by atoms with E-state index in [0.29, 0.717) is 13.0 Å². The van der Waals surface area contributed by atoms with Crippen molar-refractivity contribution in [3.63, 3.8) is 0 Å². The van der Waals surface area contributed by atoms with Crippen LogP contribution in [0, 0.1) is 0 Å². The van der Waals surface area contributed by atoms with E-state index in [1.165, 1.54) is 6.08 Å². The molecule has 2 aromatic carbocycles. The number of carbonyl (C=O) groups excluding carboxylic acids is 1. The minimum Gasteiger partial charge on any atom is -0.497 e. The summed E-state index contributed by atoms with van der Waals surface area (Å²) >= 11 is 3.44. The van der Waals surface area contributed by atoms with E-state index in [1.54, 1.807) is 18.1 Å². The second kappa shape index (κ2) is 8.92. The Balaban J connectivity index is 1.80. The first-order valence-corrected chi connectivity index (χ1v) is 11.6. The second-order valence-corrected chi connectivity index (χ2v) is 9.90. The number of ether oxygens (including phenoxy) is 1. The molecular formula is C21H22BrNO4S. The number of hydrogen-bond acceptors (Lipinski definition) is 4. The molecule has 1 aliphatic rings. The largest absolute Gasteiger partial charge is 0.497 e. The van der Waals surface area contributed by atoms with Crippen LogP contribution >= 0.6 is 15.9 Å². The van der Waals surface area contributed by atoms with Crippen molar-refractivity contribution in [2.24, 2.45) is 0 Å². The summed E-state index contributed by atoms with van der Waals surface area (Å²) in [7, 11) is -1.49. The highest BCUT2D eigenvalue weighted by molar-refractivity contribution is 9.10. The van der Waals surface area contributed by atoms with Crippen LogP contribution in [0.3, 0.4) is 0 Å². The molecule has 1 atom stereocenters. The summed E-state index contributed by atoms with van der Waals surface area (Å²) in [4.78, 5) is 14.6. The molecule has 7 heteroatoms. The van der Waals surface area contributed by atoms with Crippen LogP contribution in [-0.2, 0) is 21.2 Å². The van der Waals surface area contributed by atoms with Gasteiger partial charge >= 0.3 is 0 Å². The molecule has 0 spiro atoms. The van der Waals surface area contributed by atoms with Crippen LogP contribution in [0.2, 0.25) is 0 Å². The molecule has 1 heterocycles. The SMILES string of the molecule is COc1ccc(C=CC(=O)N(Cc2cccc(Br)c2)C2CCS(=O)(=O)C2)cc1. The standard InChI is InChI=1S/C21H22BrNO4S/c1-27-20-8-5-16(6-9-20)7-10-21(24)23(19-11-12-28(25,26)15-19)14-17-3-2-4-18(22)13-17/h2-10,13,19H,11-12,14-15H2,1H3. The summed E-state index contributed by atoms with van der Waals surface area (Å²) in [5.41, 5.74) is 1.82. The van der Waals surface area contributed by atoms with Crippen LogP contribution in [0.25, 0.3) is 6.08 Å². The van der Waals surface area contributed by atoms with Gasteiger partial charge in [0.2, 0.25) is 5.91 Å². The van der Waals surface area contributed by atoms with Crippen LogP contribution in [0.15, 0.2) is 59.1 Å². The maximum atomic E-state index is 12.9.